The predicted octanol–water partition coefficient (Wildman–Crippen LogP) is 4.23. The standard InChI is InChI=1S/C16H27NO/c1-11(8-12(2)16(3,4)5)9-13-6-7-15(18)14(17)10-13/h6-7,10-12,18H,8-9,17H2,1-5H3/t11-,12?/m1/s1. The van der Waals surface area contributed by atoms with Crippen LogP contribution in [-0.2, 0) is 6.42 Å². The van der Waals surface area contributed by atoms with Crippen molar-refractivity contribution in [1.82, 2.24) is 0 Å². The van der Waals surface area contributed by atoms with E-state index in [4.69, 9.17) is 5.73 Å². The first kappa shape index (κ1) is 14.9. The molecule has 0 bridgehead atoms. The lowest BCUT2D eigenvalue weighted by molar-refractivity contribution is 0.219. The van der Waals surface area contributed by atoms with Crippen molar-refractivity contribution in [3.8, 4) is 5.75 Å². The molecule has 0 heterocycles. The second kappa shape index (κ2) is 5.64. The average Bonchev–Trinajstić information content (AvgIpc) is 2.22. The number of phenolic OH excluding ortho intramolecular Hbond substituents is 1. The summed E-state index contributed by atoms with van der Waals surface area (Å²) in [5, 5.41) is 9.40. The van der Waals surface area contributed by atoms with Crippen molar-refractivity contribution in [2.24, 2.45) is 17.3 Å². The Morgan fingerprint density at radius 1 is 1.22 bits per heavy atom. The van der Waals surface area contributed by atoms with Gasteiger partial charge in [-0.05, 0) is 47.8 Å². The molecule has 3 N–H and O–H groups in total. The number of nitrogens with two attached hydrogens (primary N) is 1. The van der Waals surface area contributed by atoms with E-state index in [0.29, 0.717) is 22.9 Å². The van der Waals surface area contributed by atoms with E-state index in [1.807, 2.05) is 12.1 Å². The number of anilines is 1. The monoisotopic (exact) mass is 249 g/mol. The van der Waals surface area contributed by atoms with Crippen molar-refractivity contribution in [1.29, 1.82) is 0 Å². The second-order valence-electron chi connectivity index (χ2n) is 6.71. The molecule has 1 aromatic carbocycles. The van der Waals surface area contributed by atoms with Crippen LogP contribution in [0.25, 0.3) is 0 Å². The molecule has 18 heavy (non-hydrogen) atoms. The summed E-state index contributed by atoms with van der Waals surface area (Å²) in [4.78, 5) is 0. The van der Waals surface area contributed by atoms with Crippen LogP contribution >= 0.6 is 0 Å². The van der Waals surface area contributed by atoms with Crippen LogP contribution in [0.4, 0.5) is 5.69 Å². The van der Waals surface area contributed by atoms with Gasteiger partial charge in [0.1, 0.15) is 5.75 Å². The Kier molecular flexibility index (Phi) is 4.66. The number of hydrogen-bond acceptors (Lipinski definition) is 2. The Labute approximate surface area is 111 Å². The lowest BCUT2D eigenvalue weighted by Crippen LogP contribution is -2.20. The molecule has 2 heteroatoms. The molecule has 2 nitrogen and oxygen atoms in total. The lowest BCUT2D eigenvalue weighted by atomic mass is 9.76. The van der Waals surface area contributed by atoms with Crippen LogP contribution in [0.1, 0.15) is 46.6 Å². The highest BCUT2D eigenvalue weighted by molar-refractivity contribution is 5.53. The van der Waals surface area contributed by atoms with Gasteiger partial charge in [-0.15, -0.1) is 0 Å². The second-order valence-corrected chi connectivity index (χ2v) is 6.71. The molecule has 1 aromatic rings. The quantitative estimate of drug-likeness (QED) is 0.619. The van der Waals surface area contributed by atoms with Crippen LogP contribution in [0.2, 0.25) is 0 Å². The molecule has 2 atom stereocenters. The van der Waals surface area contributed by atoms with Crippen LogP contribution in [0.15, 0.2) is 18.2 Å². The number of hydrogen-bond donors (Lipinski definition) is 2. The van der Waals surface area contributed by atoms with E-state index in [1.54, 1.807) is 6.07 Å². The first-order valence-corrected chi connectivity index (χ1v) is 6.77. The first-order valence-electron chi connectivity index (χ1n) is 6.77. The maximum Gasteiger partial charge on any atom is 0.138 e. The molecular weight excluding hydrogens is 222 g/mol. The fraction of sp³-hybridized carbons (Fsp3) is 0.625. The minimum atomic E-state index is 0.175. The summed E-state index contributed by atoms with van der Waals surface area (Å²) < 4.78 is 0. The number of benzene rings is 1. The number of aromatic hydroxyl groups is 1. The van der Waals surface area contributed by atoms with Gasteiger partial charge in [-0.25, -0.2) is 0 Å². The van der Waals surface area contributed by atoms with Crippen molar-refractivity contribution in [3.05, 3.63) is 23.8 Å². The molecule has 0 aliphatic carbocycles. The van der Waals surface area contributed by atoms with Gasteiger partial charge in [0, 0.05) is 0 Å². The van der Waals surface area contributed by atoms with Crippen molar-refractivity contribution >= 4 is 5.69 Å². The molecule has 0 radical (unpaired) electrons. The van der Waals surface area contributed by atoms with Gasteiger partial charge in [0.25, 0.3) is 0 Å². The van der Waals surface area contributed by atoms with E-state index in [9.17, 15) is 5.11 Å². The molecule has 0 saturated carbocycles. The van der Waals surface area contributed by atoms with Crippen LogP contribution in [0.3, 0.4) is 0 Å². The normalized spacial score (nSPS) is 15.4. The molecule has 0 aromatic heterocycles. The summed E-state index contributed by atoms with van der Waals surface area (Å²) in [6, 6.07) is 5.53. The Hall–Kier alpha value is -1.18. The maximum absolute atomic E-state index is 9.40. The Morgan fingerprint density at radius 3 is 2.33 bits per heavy atom. The Bertz CT molecular complexity index is 393. The van der Waals surface area contributed by atoms with Gasteiger partial charge in [0.05, 0.1) is 5.69 Å². The summed E-state index contributed by atoms with van der Waals surface area (Å²) >= 11 is 0. The summed E-state index contributed by atoms with van der Waals surface area (Å²) in [5.41, 5.74) is 7.76. The zero-order valence-corrected chi connectivity index (χ0v) is 12.3. The average molecular weight is 249 g/mol. The first-order chi connectivity index (χ1) is 8.20. The molecule has 1 unspecified atom stereocenters. The molecule has 1 rings (SSSR count). The predicted molar refractivity (Wildman–Crippen MR) is 78.6 cm³/mol. The molecule has 0 spiro atoms. The zero-order valence-electron chi connectivity index (χ0n) is 12.3. The fourth-order valence-corrected chi connectivity index (χ4v) is 2.17. The van der Waals surface area contributed by atoms with Crippen molar-refractivity contribution in [2.75, 3.05) is 5.73 Å². The largest absolute Gasteiger partial charge is 0.506 e. The van der Waals surface area contributed by atoms with Gasteiger partial charge in [-0.2, -0.15) is 0 Å². The van der Waals surface area contributed by atoms with Crippen molar-refractivity contribution in [2.45, 2.75) is 47.5 Å². The molecule has 0 saturated heterocycles. The third kappa shape index (κ3) is 4.25. The van der Waals surface area contributed by atoms with E-state index in [-0.39, 0.29) is 5.75 Å². The van der Waals surface area contributed by atoms with Crippen LogP contribution in [0.5, 0.6) is 5.75 Å². The van der Waals surface area contributed by atoms with Gasteiger partial charge in [-0.3, -0.25) is 0 Å². The summed E-state index contributed by atoms with van der Waals surface area (Å²) in [6.07, 6.45) is 2.23. The van der Waals surface area contributed by atoms with E-state index in [1.165, 1.54) is 12.0 Å². The smallest absolute Gasteiger partial charge is 0.138 e. The van der Waals surface area contributed by atoms with Gasteiger partial charge < -0.3 is 10.8 Å². The third-order valence-corrected chi connectivity index (χ3v) is 3.91. The number of phenols is 1. The lowest BCUT2D eigenvalue weighted by Gasteiger charge is -2.29. The molecule has 0 fully saturated rings. The van der Waals surface area contributed by atoms with E-state index >= 15 is 0 Å². The van der Waals surface area contributed by atoms with Crippen LogP contribution in [0, 0.1) is 17.3 Å². The summed E-state index contributed by atoms with van der Waals surface area (Å²) in [5.74, 6) is 1.50. The highest BCUT2D eigenvalue weighted by Gasteiger charge is 2.22. The molecule has 0 aliphatic rings. The van der Waals surface area contributed by atoms with Gasteiger partial charge in [0.2, 0.25) is 0 Å². The van der Waals surface area contributed by atoms with Gasteiger partial charge >= 0.3 is 0 Å². The Balaban J connectivity index is 2.59. The van der Waals surface area contributed by atoms with E-state index in [2.05, 4.69) is 34.6 Å². The third-order valence-electron chi connectivity index (χ3n) is 3.91. The van der Waals surface area contributed by atoms with E-state index in [0.717, 1.165) is 6.42 Å². The summed E-state index contributed by atoms with van der Waals surface area (Å²) in [6.45, 7) is 11.5. The van der Waals surface area contributed by atoms with Gasteiger partial charge in [-0.1, -0.05) is 40.7 Å². The SMILES string of the molecule is CC(C[C@@H](C)Cc1ccc(O)c(N)c1)C(C)(C)C. The summed E-state index contributed by atoms with van der Waals surface area (Å²) in [7, 11) is 0. The Morgan fingerprint density at radius 2 is 1.83 bits per heavy atom. The number of nitrogen functional groups attached to an aromatic ring is 1. The van der Waals surface area contributed by atoms with Crippen LogP contribution in [-0.4, -0.2) is 5.11 Å². The van der Waals surface area contributed by atoms with Crippen molar-refractivity contribution < 1.29 is 5.11 Å². The highest BCUT2D eigenvalue weighted by Crippen LogP contribution is 2.32. The minimum absolute atomic E-state index is 0.175. The van der Waals surface area contributed by atoms with E-state index < -0.39 is 0 Å². The maximum atomic E-state index is 9.40. The number of rotatable bonds is 4. The van der Waals surface area contributed by atoms with Crippen molar-refractivity contribution in [3.63, 3.8) is 0 Å². The minimum Gasteiger partial charge on any atom is -0.506 e. The molecular formula is C16H27NO. The van der Waals surface area contributed by atoms with Gasteiger partial charge in [0.15, 0.2) is 0 Å². The fourth-order valence-electron chi connectivity index (χ4n) is 2.17. The molecule has 0 amide bonds. The highest BCUT2D eigenvalue weighted by atomic mass is 16.3. The zero-order chi connectivity index (χ0) is 13.9. The van der Waals surface area contributed by atoms with Crippen LogP contribution < -0.4 is 5.73 Å². The molecule has 102 valence electrons. The topological polar surface area (TPSA) is 46.2 Å². The molecule has 0 aliphatic heterocycles.